The van der Waals surface area contributed by atoms with Gasteiger partial charge in [0, 0.05) is 12.8 Å². The van der Waals surface area contributed by atoms with Crippen LogP contribution in [0.25, 0.3) is 0 Å². The number of carbonyl (C=O) groups is 1. The highest BCUT2D eigenvalue weighted by Crippen LogP contribution is 2.73. The highest BCUT2D eigenvalue weighted by atomic mass is 16.6. The summed E-state index contributed by atoms with van der Waals surface area (Å²) in [5.74, 6) is 2.10. The van der Waals surface area contributed by atoms with Gasteiger partial charge in [-0.15, -0.1) is 0 Å². The normalized spacial score (nSPS) is 50.9. The van der Waals surface area contributed by atoms with E-state index in [1.807, 2.05) is 0 Å². The molecule has 5 atom stereocenters. The molecule has 0 N–H and O–H groups in total. The summed E-state index contributed by atoms with van der Waals surface area (Å²) in [6, 6.07) is 0. The van der Waals surface area contributed by atoms with Gasteiger partial charge in [-0.2, -0.15) is 0 Å². The molecule has 19 heavy (non-hydrogen) atoms. The first-order valence-electron chi connectivity index (χ1n) is 7.92. The minimum absolute atomic E-state index is 0.112. The third-order valence-electron chi connectivity index (χ3n) is 7.15. The van der Waals surface area contributed by atoms with Crippen LogP contribution in [0, 0.1) is 28.6 Å². The summed E-state index contributed by atoms with van der Waals surface area (Å²) >= 11 is 0. The van der Waals surface area contributed by atoms with Crippen LogP contribution in [0.2, 0.25) is 0 Å². The van der Waals surface area contributed by atoms with Gasteiger partial charge in [0.1, 0.15) is 5.60 Å². The Morgan fingerprint density at radius 2 is 1.79 bits per heavy atom. The van der Waals surface area contributed by atoms with Crippen molar-refractivity contribution in [2.24, 2.45) is 28.6 Å². The number of hydrogen-bond donors (Lipinski definition) is 0. The van der Waals surface area contributed by atoms with Gasteiger partial charge < -0.3 is 4.74 Å². The van der Waals surface area contributed by atoms with Crippen molar-refractivity contribution in [3.8, 4) is 0 Å². The maximum atomic E-state index is 11.5. The van der Waals surface area contributed by atoms with Gasteiger partial charge in [0.15, 0.2) is 0 Å². The van der Waals surface area contributed by atoms with Crippen LogP contribution in [0.15, 0.2) is 0 Å². The lowest BCUT2D eigenvalue weighted by Gasteiger charge is -2.46. The molecule has 2 bridgehead atoms. The zero-order valence-electron chi connectivity index (χ0n) is 13.1. The van der Waals surface area contributed by atoms with E-state index in [0.717, 1.165) is 18.3 Å². The van der Waals surface area contributed by atoms with Crippen molar-refractivity contribution in [2.45, 2.75) is 72.3 Å². The molecule has 0 aliphatic heterocycles. The van der Waals surface area contributed by atoms with Crippen molar-refractivity contribution in [3.05, 3.63) is 0 Å². The highest BCUT2D eigenvalue weighted by molar-refractivity contribution is 5.66. The molecule has 0 amide bonds. The van der Waals surface area contributed by atoms with Gasteiger partial charge in [-0.1, -0.05) is 20.8 Å². The molecule has 0 aromatic heterocycles. The summed E-state index contributed by atoms with van der Waals surface area (Å²) in [5.41, 5.74) is 0.629. The Balaban J connectivity index is 1.99. The maximum Gasteiger partial charge on any atom is 0.303 e. The Morgan fingerprint density at radius 3 is 2.42 bits per heavy atom. The molecule has 3 saturated carbocycles. The second kappa shape index (κ2) is 3.77. The van der Waals surface area contributed by atoms with Gasteiger partial charge in [-0.3, -0.25) is 4.79 Å². The summed E-state index contributed by atoms with van der Waals surface area (Å²) in [7, 11) is 0. The Labute approximate surface area is 117 Å². The molecule has 0 aromatic rings. The molecule has 3 aliphatic rings. The van der Waals surface area contributed by atoms with Gasteiger partial charge in [0.25, 0.3) is 0 Å². The smallest absolute Gasteiger partial charge is 0.303 e. The molecule has 2 nitrogen and oxygen atoms in total. The van der Waals surface area contributed by atoms with Crippen LogP contribution in [-0.4, -0.2) is 11.6 Å². The predicted octanol–water partition coefficient (Wildman–Crippen LogP) is 4.18. The fraction of sp³-hybridized carbons (Fsp3) is 0.941. The molecule has 0 unspecified atom stereocenters. The Hall–Kier alpha value is -0.530. The van der Waals surface area contributed by atoms with Crippen LogP contribution in [0.4, 0.5) is 0 Å². The van der Waals surface area contributed by atoms with Gasteiger partial charge in [-0.05, 0) is 61.7 Å². The summed E-state index contributed by atoms with van der Waals surface area (Å²) in [5, 5.41) is 0. The molecular formula is C17H28O2. The van der Waals surface area contributed by atoms with Crippen LogP contribution < -0.4 is 0 Å². The first-order chi connectivity index (χ1) is 8.72. The summed E-state index contributed by atoms with van der Waals surface area (Å²) in [6.07, 6.45) is 6.35. The molecule has 108 valence electrons. The van der Waals surface area contributed by atoms with E-state index in [1.54, 1.807) is 6.92 Å². The molecule has 1 spiro atoms. The van der Waals surface area contributed by atoms with Gasteiger partial charge in [0.2, 0.25) is 0 Å². The van der Waals surface area contributed by atoms with E-state index < -0.39 is 0 Å². The first-order valence-corrected chi connectivity index (χ1v) is 7.92. The molecule has 0 radical (unpaired) electrons. The fourth-order valence-corrected chi connectivity index (χ4v) is 6.31. The minimum Gasteiger partial charge on any atom is -0.459 e. The van der Waals surface area contributed by atoms with E-state index in [4.69, 9.17) is 4.74 Å². The van der Waals surface area contributed by atoms with E-state index in [1.165, 1.54) is 25.7 Å². The van der Waals surface area contributed by atoms with Crippen molar-refractivity contribution >= 4 is 5.97 Å². The van der Waals surface area contributed by atoms with E-state index in [9.17, 15) is 4.79 Å². The van der Waals surface area contributed by atoms with Crippen LogP contribution in [-0.2, 0) is 9.53 Å². The SMILES string of the molecule is CC(=O)O[C@@]1(C)CC[C@]23C[C@@H]1C(C)(C)[C@@H]2CC[C@@H]3C. The molecule has 2 heteroatoms. The fourth-order valence-electron chi connectivity index (χ4n) is 6.31. The average Bonchev–Trinajstić information content (AvgIpc) is 2.69. The lowest BCUT2D eigenvalue weighted by Crippen LogP contribution is -2.47. The highest BCUT2D eigenvalue weighted by Gasteiger charge is 2.68. The molecule has 0 saturated heterocycles. The number of esters is 1. The molecule has 0 aromatic carbocycles. The second-order valence-electron chi connectivity index (χ2n) is 8.25. The predicted molar refractivity (Wildman–Crippen MR) is 75.6 cm³/mol. The van der Waals surface area contributed by atoms with Gasteiger partial charge in [-0.25, -0.2) is 0 Å². The van der Waals surface area contributed by atoms with Crippen LogP contribution in [0.3, 0.4) is 0 Å². The summed E-state index contributed by atoms with van der Waals surface area (Å²) < 4.78 is 5.80. The lowest BCUT2D eigenvalue weighted by atomic mass is 9.64. The molecule has 3 fully saturated rings. The zero-order valence-corrected chi connectivity index (χ0v) is 13.1. The number of fused-ring (bicyclic) bond motifs is 1. The molecule has 3 aliphatic carbocycles. The molecule has 3 rings (SSSR count). The first kappa shape index (κ1) is 13.5. The van der Waals surface area contributed by atoms with E-state index >= 15 is 0 Å². The van der Waals surface area contributed by atoms with E-state index in [-0.39, 0.29) is 11.6 Å². The quantitative estimate of drug-likeness (QED) is 0.664. The van der Waals surface area contributed by atoms with Crippen molar-refractivity contribution < 1.29 is 9.53 Å². The monoisotopic (exact) mass is 264 g/mol. The Kier molecular flexibility index (Phi) is 2.67. The van der Waals surface area contributed by atoms with Crippen molar-refractivity contribution in [1.29, 1.82) is 0 Å². The summed E-state index contributed by atoms with van der Waals surface area (Å²) in [6.45, 7) is 11.0. The largest absolute Gasteiger partial charge is 0.459 e. The number of ether oxygens (including phenoxy) is 1. The Bertz CT molecular complexity index is 413. The van der Waals surface area contributed by atoms with Crippen LogP contribution in [0.5, 0.6) is 0 Å². The molecular weight excluding hydrogens is 236 g/mol. The Morgan fingerprint density at radius 1 is 1.11 bits per heavy atom. The third-order valence-corrected chi connectivity index (χ3v) is 7.15. The van der Waals surface area contributed by atoms with Gasteiger partial charge in [0.05, 0.1) is 0 Å². The second-order valence-corrected chi connectivity index (χ2v) is 8.25. The average molecular weight is 264 g/mol. The van der Waals surface area contributed by atoms with Gasteiger partial charge >= 0.3 is 5.97 Å². The standard InChI is InChI=1S/C17H28O2/c1-11-6-7-13-15(3,4)14-10-17(11,13)9-8-16(14,5)19-12(2)18/h11,13-14H,6-10H2,1-5H3/t11-,13-,14+,16-,17+/m0/s1. The zero-order chi connectivity index (χ0) is 14.1. The number of carbonyl (C=O) groups excluding carboxylic acids is 1. The van der Waals surface area contributed by atoms with Crippen molar-refractivity contribution in [2.75, 3.05) is 0 Å². The van der Waals surface area contributed by atoms with Crippen molar-refractivity contribution in [3.63, 3.8) is 0 Å². The summed E-state index contributed by atoms with van der Waals surface area (Å²) in [4.78, 5) is 11.5. The molecule has 0 heterocycles. The lowest BCUT2D eigenvalue weighted by molar-refractivity contribution is -0.171. The third kappa shape index (κ3) is 1.58. The number of hydrogen-bond acceptors (Lipinski definition) is 2. The van der Waals surface area contributed by atoms with Crippen LogP contribution >= 0.6 is 0 Å². The van der Waals surface area contributed by atoms with Crippen molar-refractivity contribution in [1.82, 2.24) is 0 Å². The minimum atomic E-state index is -0.232. The topological polar surface area (TPSA) is 26.3 Å². The van der Waals surface area contributed by atoms with E-state index in [2.05, 4.69) is 27.7 Å². The number of rotatable bonds is 1. The maximum absolute atomic E-state index is 11.5. The van der Waals surface area contributed by atoms with Crippen LogP contribution in [0.1, 0.15) is 66.7 Å². The van der Waals surface area contributed by atoms with E-state index in [0.29, 0.717) is 16.7 Å².